The van der Waals surface area contributed by atoms with Crippen LogP contribution in [0.15, 0.2) is 41.2 Å². The summed E-state index contributed by atoms with van der Waals surface area (Å²) in [6.07, 6.45) is 0. The number of hydrogen-bond acceptors (Lipinski definition) is 6. The first-order valence-electron chi connectivity index (χ1n) is 7.56. The van der Waals surface area contributed by atoms with Crippen molar-refractivity contribution < 1.29 is 17.9 Å². The van der Waals surface area contributed by atoms with Crippen molar-refractivity contribution in [2.24, 2.45) is 5.14 Å². The minimum atomic E-state index is -3.66. The lowest BCUT2D eigenvalue weighted by Gasteiger charge is -2.11. The zero-order valence-corrected chi connectivity index (χ0v) is 15.0. The number of methoxy groups -OCH3 is 2. The molecule has 1 aromatic heterocycles. The van der Waals surface area contributed by atoms with Crippen molar-refractivity contribution in [3.63, 3.8) is 0 Å². The molecule has 3 aromatic rings. The number of rotatable bonds is 5. The van der Waals surface area contributed by atoms with Crippen LogP contribution in [0.3, 0.4) is 0 Å². The van der Waals surface area contributed by atoms with Gasteiger partial charge in [-0.05, 0) is 23.8 Å². The van der Waals surface area contributed by atoms with Gasteiger partial charge in [-0.2, -0.15) is 5.10 Å². The largest absolute Gasteiger partial charge is 0.493 e. The molecule has 0 amide bonds. The molecule has 8 nitrogen and oxygen atoms in total. The van der Waals surface area contributed by atoms with Gasteiger partial charge < -0.3 is 9.47 Å². The molecule has 0 aliphatic heterocycles. The van der Waals surface area contributed by atoms with Crippen LogP contribution < -0.4 is 20.2 Å². The Morgan fingerprint density at radius 2 is 1.73 bits per heavy atom. The van der Waals surface area contributed by atoms with E-state index in [4.69, 9.17) is 14.6 Å². The molecule has 3 N–H and O–H groups in total. The molecule has 0 aliphatic carbocycles. The molecule has 0 fully saturated rings. The van der Waals surface area contributed by atoms with E-state index in [1.165, 1.54) is 14.2 Å². The zero-order chi connectivity index (χ0) is 18.9. The van der Waals surface area contributed by atoms with Gasteiger partial charge in [0.05, 0.1) is 31.1 Å². The summed E-state index contributed by atoms with van der Waals surface area (Å²) in [5.74, 6) is 0.583. The molecule has 3 rings (SSSR count). The number of fused-ring (bicyclic) bond motifs is 1. The quantitative estimate of drug-likeness (QED) is 0.694. The molecule has 0 aliphatic rings. The number of hydrogen-bond donors (Lipinski definition) is 2. The summed E-state index contributed by atoms with van der Waals surface area (Å²) in [4.78, 5) is 12.2. The third kappa shape index (κ3) is 3.53. The van der Waals surface area contributed by atoms with Gasteiger partial charge in [0.2, 0.25) is 10.0 Å². The highest BCUT2D eigenvalue weighted by Gasteiger charge is 2.15. The zero-order valence-electron chi connectivity index (χ0n) is 14.1. The van der Waals surface area contributed by atoms with E-state index in [-0.39, 0.29) is 11.3 Å². The minimum absolute atomic E-state index is 0.292. The number of H-pyrrole nitrogens is 1. The van der Waals surface area contributed by atoms with E-state index in [1.54, 1.807) is 36.4 Å². The van der Waals surface area contributed by atoms with Gasteiger partial charge in [0.1, 0.15) is 0 Å². The summed E-state index contributed by atoms with van der Waals surface area (Å²) in [7, 11) is -0.680. The van der Waals surface area contributed by atoms with E-state index in [9.17, 15) is 13.2 Å². The summed E-state index contributed by atoms with van der Waals surface area (Å²) in [6, 6.07) is 10.0. The van der Waals surface area contributed by atoms with Crippen LogP contribution >= 0.6 is 0 Å². The highest BCUT2D eigenvalue weighted by atomic mass is 32.2. The normalized spacial score (nSPS) is 11.5. The van der Waals surface area contributed by atoms with Gasteiger partial charge in [0.25, 0.3) is 5.56 Å². The van der Waals surface area contributed by atoms with Crippen LogP contribution in [0, 0.1) is 0 Å². The number of primary sulfonamides is 1. The summed E-state index contributed by atoms with van der Waals surface area (Å²) >= 11 is 0. The van der Waals surface area contributed by atoms with E-state index in [0.717, 1.165) is 0 Å². The van der Waals surface area contributed by atoms with E-state index < -0.39 is 10.0 Å². The van der Waals surface area contributed by atoms with E-state index in [0.29, 0.717) is 39.1 Å². The fraction of sp³-hybridized carbons (Fsp3) is 0.176. The Balaban J connectivity index is 2.24. The smallest absolute Gasteiger partial charge is 0.272 e. The monoisotopic (exact) mass is 375 g/mol. The standard InChI is InChI=1S/C17H17N3O5S/c1-24-14-7-12-13(8-15(14)25-2)17(21)20-19-16(12)11-5-3-4-10(6-11)9-26(18,22)23/h3-8H,9H2,1-2H3,(H,20,21)(H2,18,22,23). The molecule has 0 unspecified atom stereocenters. The average Bonchev–Trinajstić information content (AvgIpc) is 2.59. The molecule has 0 bridgehead atoms. The second kappa shape index (κ2) is 6.77. The van der Waals surface area contributed by atoms with Gasteiger partial charge in [0.15, 0.2) is 11.5 Å². The lowest BCUT2D eigenvalue weighted by Crippen LogP contribution is -2.14. The molecule has 0 spiro atoms. The first-order chi connectivity index (χ1) is 12.3. The lowest BCUT2D eigenvalue weighted by atomic mass is 10.0. The van der Waals surface area contributed by atoms with Gasteiger partial charge in [-0.3, -0.25) is 4.79 Å². The number of benzene rings is 2. The number of nitrogens with zero attached hydrogens (tertiary/aromatic N) is 1. The SMILES string of the molecule is COc1cc2c(-c3cccc(CS(N)(=O)=O)c3)n[nH]c(=O)c2cc1OC. The number of nitrogens with two attached hydrogens (primary N) is 1. The van der Waals surface area contributed by atoms with Crippen LogP contribution in [-0.4, -0.2) is 32.8 Å². The Labute approximate surface area is 149 Å². The van der Waals surface area contributed by atoms with Crippen molar-refractivity contribution in [2.75, 3.05) is 14.2 Å². The van der Waals surface area contributed by atoms with Crippen LogP contribution in [-0.2, 0) is 15.8 Å². The molecule has 0 radical (unpaired) electrons. The molecule has 1 heterocycles. The third-order valence-corrected chi connectivity index (χ3v) is 4.60. The van der Waals surface area contributed by atoms with Gasteiger partial charge in [-0.25, -0.2) is 18.7 Å². The van der Waals surface area contributed by atoms with Crippen LogP contribution in [0.2, 0.25) is 0 Å². The Hall–Kier alpha value is -2.91. The van der Waals surface area contributed by atoms with Gasteiger partial charge >= 0.3 is 0 Å². The Bertz CT molecular complexity index is 1140. The van der Waals surface area contributed by atoms with Crippen molar-refractivity contribution in [3.05, 3.63) is 52.3 Å². The van der Waals surface area contributed by atoms with Crippen molar-refractivity contribution in [2.45, 2.75) is 5.75 Å². The molecule has 2 aromatic carbocycles. The second-order valence-corrected chi connectivity index (χ2v) is 7.28. The number of ether oxygens (including phenoxy) is 2. The Kier molecular flexibility index (Phi) is 4.66. The molecule has 26 heavy (non-hydrogen) atoms. The number of aromatic amines is 1. The highest BCUT2D eigenvalue weighted by molar-refractivity contribution is 7.88. The topological polar surface area (TPSA) is 124 Å². The second-order valence-electron chi connectivity index (χ2n) is 5.66. The van der Waals surface area contributed by atoms with E-state index >= 15 is 0 Å². The van der Waals surface area contributed by atoms with E-state index in [1.807, 2.05) is 0 Å². The van der Waals surface area contributed by atoms with Crippen molar-refractivity contribution >= 4 is 20.8 Å². The lowest BCUT2D eigenvalue weighted by molar-refractivity contribution is 0.356. The predicted molar refractivity (Wildman–Crippen MR) is 97.7 cm³/mol. The maximum atomic E-state index is 12.2. The van der Waals surface area contributed by atoms with Crippen LogP contribution in [0.25, 0.3) is 22.0 Å². The first kappa shape index (κ1) is 17.9. The molecular formula is C17H17N3O5S. The molecular weight excluding hydrogens is 358 g/mol. The summed E-state index contributed by atoms with van der Waals surface area (Å²) < 4.78 is 33.2. The van der Waals surface area contributed by atoms with Gasteiger partial charge in [-0.15, -0.1) is 0 Å². The van der Waals surface area contributed by atoms with Crippen LogP contribution in [0.5, 0.6) is 11.5 Å². The first-order valence-corrected chi connectivity index (χ1v) is 9.28. The van der Waals surface area contributed by atoms with Crippen molar-refractivity contribution in [3.8, 4) is 22.8 Å². The molecule has 0 atom stereocenters. The minimum Gasteiger partial charge on any atom is -0.493 e. The molecule has 0 saturated carbocycles. The van der Waals surface area contributed by atoms with Crippen molar-refractivity contribution in [1.29, 1.82) is 0 Å². The molecule has 9 heteroatoms. The number of nitrogens with one attached hydrogen (secondary N) is 1. The molecule has 136 valence electrons. The number of aromatic nitrogens is 2. The Morgan fingerprint density at radius 3 is 2.35 bits per heavy atom. The maximum Gasteiger partial charge on any atom is 0.272 e. The predicted octanol–water partition coefficient (Wildman–Crippen LogP) is 1.40. The van der Waals surface area contributed by atoms with Crippen molar-refractivity contribution in [1.82, 2.24) is 10.2 Å². The molecule has 0 saturated heterocycles. The van der Waals surface area contributed by atoms with E-state index in [2.05, 4.69) is 10.2 Å². The maximum absolute atomic E-state index is 12.2. The third-order valence-electron chi connectivity index (χ3n) is 3.86. The Morgan fingerprint density at radius 1 is 1.08 bits per heavy atom. The summed E-state index contributed by atoms with van der Waals surface area (Å²) in [5.41, 5.74) is 1.27. The fourth-order valence-corrected chi connectivity index (χ4v) is 3.39. The highest BCUT2D eigenvalue weighted by Crippen LogP contribution is 2.34. The number of sulfonamides is 1. The van der Waals surface area contributed by atoms with Gasteiger partial charge in [-0.1, -0.05) is 18.2 Å². The summed E-state index contributed by atoms with van der Waals surface area (Å²) in [6.45, 7) is 0. The average molecular weight is 375 g/mol. The fourth-order valence-electron chi connectivity index (χ4n) is 2.75. The van der Waals surface area contributed by atoms with Gasteiger partial charge in [0, 0.05) is 10.9 Å². The van der Waals surface area contributed by atoms with Crippen LogP contribution in [0.1, 0.15) is 5.56 Å². The van der Waals surface area contributed by atoms with Crippen LogP contribution in [0.4, 0.5) is 0 Å². The summed E-state index contributed by atoms with van der Waals surface area (Å²) in [5, 5.41) is 12.6.